The summed E-state index contributed by atoms with van der Waals surface area (Å²) < 4.78 is 10.9. The predicted molar refractivity (Wildman–Crippen MR) is 127 cm³/mol. The molecule has 0 unspecified atom stereocenters. The van der Waals surface area contributed by atoms with Gasteiger partial charge in [-0.2, -0.15) is 0 Å². The standard InChI is InChI=1S/C24H30N2O4S/c1-3-5-6-9-17-29-21-11-8-7-10-20(21)22(27)26-24(31)25-19-14-12-18(13-15-19)23(28)30-16-4-2/h7-8,10-15H,3-6,9,16-17H2,1-2H3,(H2,25,26,27,31). The van der Waals surface area contributed by atoms with Crippen LogP contribution in [0, 0.1) is 0 Å². The first kappa shape index (κ1) is 24.3. The number of ether oxygens (including phenoxy) is 2. The molecule has 31 heavy (non-hydrogen) atoms. The molecule has 2 rings (SSSR count). The molecular formula is C24H30N2O4S. The van der Waals surface area contributed by atoms with E-state index in [4.69, 9.17) is 21.7 Å². The van der Waals surface area contributed by atoms with Gasteiger partial charge in [0.25, 0.3) is 5.91 Å². The van der Waals surface area contributed by atoms with Crippen molar-refractivity contribution in [2.24, 2.45) is 0 Å². The molecule has 0 bridgehead atoms. The van der Waals surface area contributed by atoms with Gasteiger partial charge in [-0.25, -0.2) is 4.79 Å². The molecule has 0 fully saturated rings. The van der Waals surface area contributed by atoms with Crippen LogP contribution in [0.1, 0.15) is 66.7 Å². The highest BCUT2D eigenvalue weighted by Crippen LogP contribution is 2.19. The zero-order valence-corrected chi connectivity index (χ0v) is 18.9. The van der Waals surface area contributed by atoms with Crippen molar-refractivity contribution in [1.82, 2.24) is 5.32 Å². The van der Waals surface area contributed by atoms with Crippen LogP contribution in [0.5, 0.6) is 5.75 Å². The van der Waals surface area contributed by atoms with Crippen LogP contribution in [0.2, 0.25) is 0 Å². The summed E-state index contributed by atoms with van der Waals surface area (Å²) in [6, 6.07) is 13.8. The highest BCUT2D eigenvalue weighted by Gasteiger charge is 2.14. The number of para-hydroxylation sites is 1. The Morgan fingerprint density at radius 1 is 0.903 bits per heavy atom. The van der Waals surface area contributed by atoms with E-state index >= 15 is 0 Å². The Morgan fingerprint density at radius 3 is 2.35 bits per heavy atom. The lowest BCUT2D eigenvalue weighted by atomic mass is 10.2. The molecule has 7 heteroatoms. The smallest absolute Gasteiger partial charge is 0.338 e. The van der Waals surface area contributed by atoms with Gasteiger partial charge in [0.05, 0.1) is 24.3 Å². The van der Waals surface area contributed by atoms with Gasteiger partial charge in [0.2, 0.25) is 0 Å². The van der Waals surface area contributed by atoms with E-state index in [0.717, 1.165) is 25.7 Å². The SMILES string of the molecule is CCCCCCOc1ccccc1C(=O)NC(=S)Nc1ccc(C(=O)OCCC)cc1. The van der Waals surface area contributed by atoms with E-state index in [0.29, 0.717) is 35.8 Å². The molecule has 1 amide bonds. The molecule has 2 aromatic carbocycles. The zero-order valence-electron chi connectivity index (χ0n) is 18.1. The molecule has 0 aliphatic carbocycles. The van der Waals surface area contributed by atoms with E-state index in [1.165, 1.54) is 6.42 Å². The molecule has 0 spiro atoms. The summed E-state index contributed by atoms with van der Waals surface area (Å²) in [4.78, 5) is 24.5. The Labute approximate surface area is 189 Å². The number of benzene rings is 2. The average Bonchev–Trinajstić information content (AvgIpc) is 2.78. The fraction of sp³-hybridized carbons (Fsp3) is 0.375. The molecule has 0 aliphatic heterocycles. The molecular weight excluding hydrogens is 412 g/mol. The second-order valence-corrected chi connectivity index (χ2v) is 7.44. The molecule has 0 aliphatic rings. The minimum atomic E-state index is -0.365. The number of amides is 1. The average molecular weight is 443 g/mol. The van der Waals surface area contributed by atoms with Crippen molar-refractivity contribution in [3.8, 4) is 5.75 Å². The van der Waals surface area contributed by atoms with Crippen LogP contribution < -0.4 is 15.4 Å². The van der Waals surface area contributed by atoms with Crippen LogP contribution in [0.25, 0.3) is 0 Å². The number of hydrogen-bond donors (Lipinski definition) is 2. The summed E-state index contributed by atoms with van der Waals surface area (Å²) in [5, 5.41) is 5.77. The van der Waals surface area contributed by atoms with Crippen molar-refractivity contribution < 1.29 is 19.1 Å². The van der Waals surface area contributed by atoms with E-state index in [9.17, 15) is 9.59 Å². The highest BCUT2D eigenvalue weighted by molar-refractivity contribution is 7.80. The summed E-state index contributed by atoms with van der Waals surface area (Å²) in [5.41, 5.74) is 1.54. The molecule has 166 valence electrons. The maximum absolute atomic E-state index is 12.7. The third-order valence-corrected chi connectivity index (χ3v) is 4.63. The third-order valence-electron chi connectivity index (χ3n) is 4.43. The first-order chi connectivity index (χ1) is 15.0. The van der Waals surface area contributed by atoms with Crippen molar-refractivity contribution in [3.63, 3.8) is 0 Å². The fourth-order valence-corrected chi connectivity index (χ4v) is 3.00. The Bertz CT molecular complexity index is 868. The van der Waals surface area contributed by atoms with Gasteiger partial charge in [0, 0.05) is 5.69 Å². The topological polar surface area (TPSA) is 76.7 Å². The Hall–Kier alpha value is -2.93. The van der Waals surface area contributed by atoms with Crippen LogP contribution in [0.4, 0.5) is 5.69 Å². The van der Waals surface area contributed by atoms with Crippen molar-refractivity contribution in [2.45, 2.75) is 46.0 Å². The monoisotopic (exact) mass is 442 g/mol. The normalized spacial score (nSPS) is 10.3. The zero-order chi connectivity index (χ0) is 22.5. The van der Waals surface area contributed by atoms with Gasteiger partial charge in [0.15, 0.2) is 5.11 Å². The number of unbranched alkanes of at least 4 members (excludes halogenated alkanes) is 3. The van der Waals surface area contributed by atoms with Gasteiger partial charge in [-0.1, -0.05) is 45.2 Å². The van der Waals surface area contributed by atoms with Crippen LogP contribution in [0.15, 0.2) is 48.5 Å². The largest absolute Gasteiger partial charge is 0.493 e. The van der Waals surface area contributed by atoms with E-state index in [1.54, 1.807) is 42.5 Å². The van der Waals surface area contributed by atoms with Crippen molar-refractivity contribution in [2.75, 3.05) is 18.5 Å². The molecule has 0 saturated carbocycles. The summed E-state index contributed by atoms with van der Waals surface area (Å²) >= 11 is 5.26. The number of rotatable bonds is 11. The van der Waals surface area contributed by atoms with Crippen LogP contribution in [-0.2, 0) is 4.74 Å². The van der Waals surface area contributed by atoms with Gasteiger partial charge in [-0.3, -0.25) is 10.1 Å². The second kappa shape index (κ2) is 13.4. The lowest BCUT2D eigenvalue weighted by Gasteiger charge is -2.13. The molecule has 0 atom stereocenters. The lowest BCUT2D eigenvalue weighted by Crippen LogP contribution is -2.34. The first-order valence-corrected chi connectivity index (χ1v) is 11.1. The molecule has 0 saturated heterocycles. The second-order valence-electron chi connectivity index (χ2n) is 7.03. The van der Waals surface area contributed by atoms with Crippen LogP contribution in [-0.4, -0.2) is 30.2 Å². The number of carbonyl (C=O) groups is 2. The number of anilines is 1. The van der Waals surface area contributed by atoms with Crippen molar-refractivity contribution >= 4 is 34.9 Å². The quantitative estimate of drug-likeness (QED) is 0.278. The van der Waals surface area contributed by atoms with Crippen LogP contribution >= 0.6 is 12.2 Å². The number of carbonyl (C=O) groups excluding carboxylic acids is 2. The summed E-state index contributed by atoms with van der Waals surface area (Å²) in [6.45, 7) is 5.06. The summed E-state index contributed by atoms with van der Waals surface area (Å²) in [6.07, 6.45) is 5.16. The predicted octanol–water partition coefficient (Wildman–Crippen LogP) is 5.34. The maximum Gasteiger partial charge on any atom is 0.338 e. The maximum atomic E-state index is 12.7. The Balaban J connectivity index is 1.89. The van der Waals surface area contributed by atoms with Gasteiger partial charge in [-0.15, -0.1) is 0 Å². The Morgan fingerprint density at radius 2 is 1.65 bits per heavy atom. The molecule has 0 heterocycles. The third kappa shape index (κ3) is 8.38. The highest BCUT2D eigenvalue weighted by atomic mass is 32.1. The number of nitrogens with one attached hydrogen (secondary N) is 2. The van der Waals surface area contributed by atoms with Crippen LogP contribution in [0.3, 0.4) is 0 Å². The van der Waals surface area contributed by atoms with E-state index in [2.05, 4.69) is 17.6 Å². The number of thiocarbonyl (C=S) groups is 1. The minimum absolute atomic E-state index is 0.157. The van der Waals surface area contributed by atoms with Gasteiger partial charge in [0.1, 0.15) is 5.75 Å². The Kier molecular flexibility index (Phi) is 10.5. The first-order valence-electron chi connectivity index (χ1n) is 10.7. The van der Waals surface area contributed by atoms with Crippen molar-refractivity contribution in [3.05, 3.63) is 59.7 Å². The number of hydrogen-bond acceptors (Lipinski definition) is 5. The van der Waals surface area contributed by atoms with E-state index in [1.807, 2.05) is 13.0 Å². The minimum Gasteiger partial charge on any atom is -0.493 e. The summed E-state index contributed by atoms with van der Waals surface area (Å²) in [7, 11) is 0. The molecule has 6 nitrogen and oxygen atoms in total. The molecule has 2 N–H and O–H groups in total. The van der Waals surface area contributed by atoms with Gasteiger partial charge in [-0.05, 0) is 61.5 Å². The lowest BCUT2D eigenvalue weighted by molar-refractivity contribution is 0.0505. The molecule has 0 aromatic heterocycles. The summed E-state index contributed by atoms with van der Waals surface area (Å²) in [5.74, 6) is -0.175. The van der Waals surface area contributed by atoms with Crippen molar-refractivity contribution in [1.29, 1.82) is 0 Å². The molecule has 0 radical (unpaired) electrons. The van der Waals surface area contributed by atoms with Gasteiger partial charge >= 0.3 is 5.97 Å². The van der Waals surface area contributed by atoms with E-state index < -0.39 is 0 Å². The fourth-order valence-electron chi connectivity index (χ4n) is 2.79. The number of esters is 1. The van der Waals surface area contributed by atoms with Gasteiger partial charge < -0.3 is 14.8 Å². The molecule has 2 aromatic rings. The van der Waals surface area contributed by atoms with E-state index in [-0.39, 0.29) is 17.0 Å².